The highest BCUT2D eigenvalue weighted by molar-refractivity contribution is 5.50. The van der Waals surface area contributed by atoms with Gasteiger partial charge in [-0.25, -0.2) is 9.97 Å². The fraction of sp³-hybridized carbons (Fsp3) is 0.333. The van der Waals surface area contributed by atoms with Crippen molar-refractivity contribution < 1.29 is 4.74 Å². The fourth-order valence-corrected chi connectivity index (χ4v) is 2.22. The van der Waals surface area contributed by atoms with Crippen LogP contribution in [0.1, 0.15) is 22.5 Å². The second-order valence-electron chi connectivity index (χ2n) is 4.74. The molecule has 0 spiro atoms. The molecule has 0 radical (unpaired) electrons. The molecule has 0 aromatic carbocycles. The van der Waals surface area contributed by atoms with Gasteiger partial charge in [0, 0.05) is 36.8 Å². The zero-order valence-electron chi connectivity index (χ0n) is 12.6. The summed E-state index contributed by atoms with van der Waals surface area (Å²) in [6.07, 6.45) is 4.87. The van der Waals surface area contributed by atoms with Crippen LogP contribution < -0.4 is 9.64 Å². The van der Waals surface area contributed by atoms with Crippen LogP contribution in [-0.4, -0.2) is 29.1 Å². The number of aryl methyl sites for hydroxylation is 1. The molecule has 0 amide bonds. The molecule has 0 aliphatic heterocycles. The zero-order chi connectivity index (χ0) is 15.4. The van der Waals surface area contributed by atoms with Crippen molar-refractivity contribution in [1.29, 1.82) is 5.26 Å². The maximum absolute atomic E-state index is 9.09. The Morgan fingerprint density at radius 2 is 1.95 bits per heavy atom. The zero-order valence-corrected chi connectivity index (χ0v) is 12.6. The lowest BCUT2D eigenvalue weighted by Crippen LogP contribution is -2.21. The third-order valence-electron chi connectivity index (χ3n) is 3.28. The van der Waals surface area contributed by atoms with E-state index in [0.29, 0.717) is 18.1 Å². The van der Waals surface area contributed by atoms with Crippen LogP contribution in [0.15, 0.2) is 18.6 Å². The number of pyridine rings is 1. The molecule has 2 aromatic rings. The Morgan fingerprint density at radius 1 is 1.24 bits per heavy atom. The van der Waals surface area contributed by atoms with Crippen LogP contribution in [0.2, 0.25) is 0 Å². The molecule has 0 saturated heterocycles. The third kappa shape index (κ3) is 2.92. The van der Waals surface area contributed by atoms with E-state index in [9.17, 15) is 0 Å². The van der Waals surface area contributed by atoms with Crippen LogP contribution in [-0.2, 0) is 6.54 Å². The molecule has 108 valence electrons. The first-order valence-electron chi connectivity index (χ1n) is 6.49. The monoisotopic (exact) mass is 283 g/mol. The van der Waals surface area contributed by atoms with Crippen molar-refractivity contribution in [2.24, 2.45) is 0 Å². The van der Waals surface area contributed by atoms with Gasteiger partial charge in [0.05, 0.1) is 19.3 Å². The van der Waals surface area contributed by atoms with Gasteiger partial charge in [-0.2, -0.15) is 5.26 Å². The van der Waals surface area contributed by atoms with E-state index in [-0.39, 0.29) is 0 Å². The van der Waals surface area contributed by atoms with Crippen molar-refractivity contribution in [3.8, 4) is 11.8 Å². The minimum absolute atomic E-state index is 0.303. The average molecular weight is 283 g/mol. The number of aromatic nitrogens is 3. The maximum Gasteiger partial charge on any atom is 0.183 e. The molecule has 0 unspecified atom stereocenters. The van der Waals surface area contributed by atoms with Crippen molar-refractivity contribution in [1.82, 2.24) is 15.0 Å². The molecule has 0 N–H and O–H groups in total. The number of anilines is 1. The molecule has 0 fully saturated rings. The number of nitrogens with zero attached hydrogens (tertiary/aromatic N) is 5. The predicted molar refractivity (Wildman–Crippen MR) is 79.1 cm³/mol. The van der Waals surface area contributed by atoms with E-state index in [0.717, 1.165) is 22.6 Å². The second kappa shape index (κ2) is 6.18. The fourth-order valence-electron chi connectivity index (χ4n) is 2.22. The van der Waals surface area contributed by atoms with E-state index in [1.807, 2.05) is 31.9 Å². The minimum atomic E-state index is 0.303. The van der Waals surface area contributed by atoms with Crippen molar-refractivity contribution in [2.75, 3.05) is 19.1 Å². The highest BCUT2D eigenvalue weighted by Gasteiger charge is 2.14. The predicted octanol–water partition coefficient (Wildman–Crippen LogP) is 2.01. The van der Waals surface area contributed by atoms with E-state index in [4.69, 9.17) is 10.00 Å². The van der Waals surface area contributed by atoms with Gasteiger partial charge in [-0.3, -0.25) is 4.98 Å². The Labute approximate surface area is 124 Å². The van der Waals surface area contributed by atoms with Gasteiger partial charge in [-0.05, 0) is 13.8 Å². The lowest BCUT2D eigenvalue weighted by Gasteiger charge is -2.20. The number of hydrogen-bond acceptors (Lipinski definition) is 6. The summed E-state index contributed by atoms with van der Waals surface area (Å²) in [5, 5.41) is 9.09. The van der Waals surface area contributed by atoms with Gasteiger partial charge in [0.2, 0.25) is 0 Å². The SMILES string of the molecule is COc1c(C)cnc(CN(C)c2nccnc2C#N)c1C. The molecular weight excluding hydrogens is 266 g/mol. The molecule has 0 saturated carbocycles. The topological polar surface area (TPSA) is 74.9 Å². The van der Waals surface area contributed by atoms with Crippen molar-refractivity contribution >= 4 is 5.82 Å². The van der Waals surface area contributed by atoms with Gasteiger partial charge in [0.15, 0.2) is 11.5 Å². The van der Waals surface area contributed by atoms with Crippen molar-refractivity contribution in [3.63, 3.8) is 0 Å². The molecule has 0 aliphatic rings. The Balaban J connectivity index is 2.32. The molecule has 6 heteroatoms. The molecule has 2 aromatic heterocycles. The van der Waals surface area contributed by atoms with Crippen LogP contribution in [0, 0.1) is 25.2 Å². The summed E-state index contributed by atoms with van der Waals surface area (Å²) < 4.78 is 5.41. The Bertz CT molecular complexity index is 693. The number of ether oxygens (including phenoxy) is 1. The minimum Gasteiger partial charge on any atom is -0.496 e. The normalized spacial score (nSPS) is 10.0. The van der Waals surface area contributed by atoms with Crippen LogP contribution in [0.4, 0.5) is 5.82 Å². The Morgan fingerprint density at radius 3 is 2.62 bits per heavy atom. The van der Waals surface area contributed by atoms with Gasteiger partial charge in [0.1, 0.15) is 11.8 Å². The standard InChI is InChI=1S/C15H17N5O/c1-10-8-19-13(11(2)14(10)21-4)9-20(3)15-12(7-16)17-5-6-18-15/h5-6,8H,9H2,1-4H3. The first kappa shape index (κ1) is 14.7. The molecular formula is C15H17N5O. The highest BCUT2D eigenvalue weighted by Crippen LogP contribution is 2.25. The van der Waals surface area contributed by atoms with Crippen molar-refractivity contribution in [3.05, 3.63) is 41.1 Å². The van der Waals surface area contributed by atoms with Gasteiger partial charge < -0.3 is 9.64 Å². The van der Waals surface area contributed by atoms with Gasteiger partial charge in [-0.1, -0.05) is 0 Å². The quantitative estimate of drug-likeness (QED) is 0.854. The van der Waals surface area contributed by atoms with E-state index in [1.54, 1.807) is 19.5 Å². The summed E-state index contributed by atoms with van der Waals surface area (Å²) in [4.78, 5) is 14.5. The molecule has 2 heterocycles. The van der Waals surface area contributed by atoms with Crippen LogP contribution in [0.25, 0.3) is 0 Å². The molecule has 6 nitrogen and oxygen atoms in total. The molecule has 21 heavy (non-hydrogen) atoms. The average Bonchev–Trinajstić information content (AvgIpc) is 2.50. The summed E-state index contributed by atoms with van der Waals surface area (Å²) in [7, 11) is 3.51. The van der Waals surface area contributed by atoms with Gasteiger partial charge in [0.25, 0.3) is 0 Å². The van der Waals surface area contributed by atoms with Crippen molar-refractivity contribution in [2.45, 2.75) is 20.4 Å². The molecule has 2 rings (SSSR count). The Kier molecular flexibility index (Phi) is 4.33. The number of hydrogen-bond donors (Lipinski definition) is 0. The molecule has 0 aliphatic carbocycles. The van der Waals surface area contributed by atoms with Crippen LogP contribution in [0.5, 0.6) is 5.75 Å². The van der Waals surface area contributed by atoms with Gasteiger partial charge in [-0.15, -0.1) is 0 Å². The second-order valence-corrected chi connectivity index (χ2v) is 4.74. The van der Waals surface area contributed by atoms with E-state index in [1.165, 1.54) is 6.20 Å². The van der Waals surface area contributed by atoms with Crippen LogP contribution >= 0.6 is 0 Å². The lowest BCUT2D eigenvalue weighted by atomic mass is 10.1. The molecule has 0 atom stereocenters. The Hall–Kier alpha value is -2.68. The third-order valence-corrected chi connectivity index (χ3v) is 3.28. The number of nitriles is 1. The lowest BCUT2D eigenvalue weighted by molar-refractivity contribution is 0.407. The first-order chi connectivity index (χ1) is 10.1. The maximum atomic E-state index is 9.09. The summed E-state index contributed by atoms with van der Waals surface area (Å²) in [5.41, 5.74) is 3.18. The first-order valence-corrected chi connectivity index (χ1v) is 6.49. The summed E-state index contributed by atoms with van der Waals surface area (Å²) in [6, 6.07) is 2.05. The van der Waals surface area contributed by atoms with E-state index >= 15 is 0 Å². The smallest absolute Gasteiger partial charge is 0.183 e. The van der Waals surface area contributed by atoms with E-state index in [2.05, 4.69) is 15.0 Å². The summed E-state index contributed by atoms with van der Waals surface area (Å²) >= 11 is 0. The number of methoxy groups -OCH3 is 1. The number of rotatable bonds is 4. The highest BCUT2D eigenvalue weighted by atomic mass is 16.5. The van der Waals surface area contributed by atoms with Crippen LogP contribution in [0.3, 0.4) is 0 Å². The van der Waals surface area contributed by atoms with E-state index < -0.39 is 0 Å². The summed E-state index contributed by atoms with van der Waals surface area (Å²) in [5.74, 6) is 1.38. The molecule has 0 bridgehead atoms. The largest absolute Gasteiger partial charge is 0.496 e. The van der Waals surface area contributed by atoms with Gasteiger partial charge >= 0.3 is 0 Å². The summed E-state index contributed by atoms with van der Waals surface area (Å²) in [6.45, 7) is 4.46.